The molecule has 0 spiro atoms. The van der Waals surface area contributed by atoms with Gasteiger partial charge in [0.2, 0.25) is 11.8 Å². The van der Waals surface area contributed by atoms with E-state index in [1.165, 1.54) is 12.8 Å². The predicted octanol–water partition coefficient (Wildman–Crippen LogP) is 2.73. The number of rotatable bonds is 6. The fraction of sp³-hybridized carbons (Fsp3) is 0.600. The van der Waals surface area contributed by atoms with Crippen LogP contribution in [0.4, 0.5) is 0 Å². The fourth-order valence-electron chi connectivity index (χ4n) is 3.57. The van der Waals surface area contributed by atoms with Gasteiger partial charge in [-0.2, -0.15) is 0 Å². The number of carbonyl (C=O) groups excluding carboxylic acids is 2. The van der Waals surface area contributed by atoms with Gasteiger partial charge in [0, 0.05) is 13.0 Å². The lowest BCUT2D eigenvalue weighted by atomic mass is 10.1. The molecule has 5 heteroatoms. The van der Waals surface area contributed by atoms with E-state index in [0.29, 0.717) is 25.5 Å². The molecule has 1 heterocycles. The molecule has 1 atom stereocenters. The first-order valence-electron chi connectivity index (χ1n) is 9.53. The number of benzene rings is 1. The van der Waals surface area contributed by atoms with Gasteiger partial charge in [-0.25, -0.2) is 0 Å². The van der Waals surface area contributed by atoms with Crippen LogP contribution in [0.2, 0.25) is 0 Å². The molecule has 5 nitrogen and oxygen atoms in total. The third-order valence-corrected chi connectivity index (χ3v) is 5.01. The van der Waals surface area contributed by atoms with Crippen LogP contribution in [0.15, 0.2) is 24.3 Å². The van der Waals surface area contributed by atoms with Crippen molar-refractivity contribution in [3.63, 3.8) is 0 Å². The molecule has 1 aromatic carbocycles. The van der Waals surface area contributed by atoms with Crippen molar-refractivity contribution in [1.82, 2.24) is 10.6 Å². The second-order valence-electron chi connectivity index (χ2n) is 7.08. The predicted molar refractivity (Wildman–Crippen MR) is 96.4 cm³/mol. The summed E-state index contributed by atoms with van der Waals surface area (Å²) in [4.78, 5) is 24.1. The van der Waals surface area contributed by atoms with Gasteiger partial charge in [-0.1, -0.05) is 12.1 Å². The number of ether oxygens (including phenoxy) is 1. The van der Waals surface area contributed by atoms with E-state index in [0.717, 1.165) is 43.4 Å². The summed E-state index contributed by atoms with van der Waals surface area (Å²) >= 11 is 0. The summed E-state index contributed by atoms with van der Waals surface area (Å²) in [6.45, 7) is 0.707. The highest BCUT2D eigenvalue weighted by Gasteiger charge is 2.22. The van der Waals surface area contributed by atoms with Crippen molar-refractivity contribution in [3.8, 4) is 5.75 Å². The molecule has 2 fully saturated rings. The zero-order valence-corrected chi connectivity index (χ0v) is 14.8. The molecule has 136 valence electrons. The summed E-state index contributed by atoms with van der Waals surface area (Å²) in [6.07, 6.45) is 8.81. The van der Waals surface area contributed by atoms with Crippen molar-refractivity contribution in [2.45, 2.75) is 69.9 Å². The zero-order valence-electron chi connectivity index (χ0n) is 14.8. The van der Waals surface area contributed by atoms with Crippen LogP contribution in [-0.4, -0.2) is 30.5 Å². The fourth-order valence-corrected chi connectivity index (χ4v) is 3.57. The number of hydrogen-bond acceptors (Lipinski definition) is 3. The minimum Gasteiger partial charge on any atom is -0.490 e. The van der Waals surface area contributed by atoms with E-state index in [2.05, 4.69) is 10.6 Å². The van der Waals surface area contributed by atoms with E-state index < -0.39 is 0 Å². The summed E-state index contributed by atoms with van der Waals surface area (Å²) in [5.74, 6) is 0.773. The van der Waals surface area contributed by atoms with Crippen LogP contribution in [0.1, 0.15) is 56.9 Å². The van der Waals surface area contributed by atoms with E-state index in [9.17, 15) is 9.59 Å². The third kappa shape index (κ3) is 5.48. The van der Waals surface area contributed by atoms with Gasteiger partial charge in [-0.15, -0.1) is 0 Å². The normalized spacial score (nSPS) is 21.4. The van der Waals surface area contributed by atoms with Crippen molar-refractivity contribution in [1.29, 1.82) is 0 Å². The number of amides is 2. The summed E-state index contributed by atoms with van der Waals surface area (Å²) in [5, 5.41) is 5.72. The monoisotopic (exact) mass is 344 g/mol. The van der Waals surface area contributed by atoms with Gasteiger partial charge in [0.1, 0.15) is 11.8 Å². The summed E-state index contributed by atoms with van der Waals surface area (Å²) in [6, 6.07) is 7.64. The highest BCUT2D eigenvalue weighted by molar-refractivity contribution is 5.87. The molecular formula is C20H28N2O3. The van der Waals surface area contributed by atoms with Gasteiger partial charge in [0.15, 0.2) is 0 Å². The van der Waals surface area contributed by atoms with Gasteiger partial charge < -0.3 is 15.4 Å². The molecule has 2 N–H and O–H groups in total. The van der Waals surface area contributed by atoms with Gasteiger partial charge >= 0.3 is 0 Å². The maximum absolute atomic E-state index is 12.2. The van der Waals surface area contributed by atoms with E-state index in [1.54, 1.807) is 0 Å². The molecule has 0 aromatic heterocycles. The van der Waals surface area contributed by atoms with Crippen molar-refractivity contribution in [3.05, 3.63) is 29.8 Å². The molecule has 2 amide bonds. The van der Waals surface area contributed by atoms with Crippen LogP contribution < -0.4 is 15.4 Å². The second-order valence-corrected chi connectivity index (χ2v) is 7.08. The quantitative estimate of drug-likeness (QED) is 0.834. The van der Waals surface area contributed by atoms with E-state index in [4.69, 9.17) is 4.74 Å². The second kappa shape index (κ2) is 8.88. The molecule has 0 radical (unpaired) electrons. The number of carbonyl (C=O) groups is 2. The molecule has 1 saturated heterocycles. The Morgan fingerprint density at radius 1 is 1.16 bits per heavy atom. The van der Waals surface area contributed by atoms with Crippen molar-refractivity contribution in [2.75, 3.05) is 6.54 Å². The first kappa shape index (κ1) is 17.8. The molecule has 25 heavy (non-hydrogen) atoms. The Morgan fingerprint density at radius 3 is 2.80 bits per heavy atom. The molecule has 2 aliphatic rings. The minimum absolute atomic E-state index is 0.0576. The molecule has 1 aromatic rings. The Labute approximate surface area is 149 Å². The Morgan fingerprint density at radius 2 is 1.96 bits per heavy atom. The lowest BCUT2D eigenvalue weighted by molar-refractivity contribution is -0.128. The highest BCUT2D eigenvalue weighted by atomic mass is 16.5. The van der Waals surface area contributed by atoms with Gasteiger partial charge in [-0.05, 0) is 69.1 Å². The Bertz CT molecular complexity index is 596. The summed E-state index contributed by atoms with van der Waals surface area (Å²) in [5.41, 5.74) is 1.09. The minimum atomic E-state index is -0.382. The van der Waals surface area contributed by atoms with E-state index >= 15 is 0 Å². The Hall–Kier alpha value is -2.04. The molecular weight excluding hydrogens is 316 g/mol. The topological polar surface area (TPSA) is 67.4 Å². The number of aryl methyl sites for hydroxylation is 1. The molecule has 0 bridgehead atoms. The Kier molecular flexibility index (Phi) is 6.31. The molecule has 1 saturated carbocycles. The van der Waals surface area contributed by atoms with Crippen LogP contribution in [-0.2, 0) is 16.0 Å². The SMILES string of the molecule is O=C(CCc1cccc(OC2CCCC2)c1)N[C@@H]1CCCCNC1=O. The van der Waals surface area contributed by atoms with Crippen molar-refractivity contribution >= 4 is 11.8 Å². The molecule has 1 aliphatic heterocycles. The summed E-state index contributed by atoms with van der Waals surface area (Å²) in [7, 11) is 0. The highest BCUT2D eigenvalue weighted by Crippen LogP contribution is 2.24. The molecule has 1 aliphatic carbocycles. The third-order valence-electron chi connectivity index (χ3n) is 5.01. The van der Waals surface area contributed by atoms with E-state index in [1.807, 2.05) is 24.3 Å². The smallest absolute Gasteiger partial charge is 0.242 e. The summed E-state index contributed by atoms with van der Waals surface area (Å²) < 4.78 is 6.02. The Balaban J connectivity index is 1.47. The maximum atomic E-state index is 12.2. The average molecular weight is 344 g/mol. The van der Waals surface area contributed by atoms with Crippen LogP contribution >= 0.6 is 0 Å². The van der Waals surface area contributed by atoms with Gasteiger partial charge in [0.05, 0.1) is 6.10 Å². The van der Waals surface area contributed by atoms with Crippen molar-refractivity contribution < 1.29 is 14.3 Å². The van der Waals surface area contributed by atoms with E-state index in [-0.39, 0.29) is 17.9 Å². The lowest BCUT2D eigenvalue weighted by Gasteiger charge is -2.16. The zero-order chi connectivity index (χ0) is 17.5. The molecule has 0 unspecified atom stereocenters. The van der Waals surface area contributed by atoms with Gasteiger partial charge in [0.25, 0.3) is 0 Å². The maximum Gasteiger partial charge on any atom is 0.242 e. The standard InChI is InChI=1S/C20H28N2O3/c23-19(22-18-10-3-4-13-21-20(18)24)12-11-15-6-5-9-17(14-15)25-16-7-1-2-8-16/h5-6,9,14,16,18H,1-4,7-8,10-13H2,(H,21,24)(H,22,23)/t18-/m1/s1. The van der Waals surface area contributed by atoms with Crippen LogP contribution in [0.25, 0.3) is 0 Å². The van der Waals surface area contributed by atoms with Gasteiger partial charge in [-0.3, -0.25) is 9.59 Å². The first-order chi connectivity index (χ1) is 12.2. The van der Waals surface area contributed by atoms with Crippen LogP contribution in [0, 0.1) is 0 Å². The average Bonchev–Trinajstić information content (AvgIpc) is 3.03. The number of hydrogen-bond donors (Lipinski definition) is 2. The number of nitrogens with one attached hydrogen (secondary N) is 2. The molecule has 3 rings (SSSR count). The van der Waals surface area contributed by atoms with Crippen molar-refractivity contribution in [2.24, 2.45) is 0 Å². The van der Waals surface area contributed by atoms with Crippen LogP contribution in [0.5, 0.6) is 5.75 Å². The first-order valence-corrected chi connectivity index (χ1v) is 9.53. The largest absolute Gasteiger partial charge is 0.490 e. The lowest BCUT2D eigenvalue weighted by Crippen LogP contribution is -2.45. The van der Waals surface area contributed by atoms with Crippen LogP contribution in [0.3, 0.4) is 0 Å².